The molecule has 1 aromatic heterocycles. The first kappa shape index (κ1) is 15.7. The summed E-state index contributed by atoms with van der Waals surface area (Å²) in [6.45, 7) is 7.72. The number of para-hydroxylation sites is 1. The van der Waals surface area contributed by atoms with Gasteiger partial charge in [0.05, 0.1) is 11.1 Å². The topological polar surface area (TPSA) is 51.4 Å². The molecule has 2 N–H and O–H groups in total. The van der Waals surface area contributed by atoms with Crippen LogP contribution in [0.2, 0.25) is 0 Å². The predicted molar refractivity (Wildman–Crippen MR) is 90.9 cm³/mol. The van der Waals surface area contributed by atoms with E-state index in [1.807, 2.05) is 30.3 Å². The molecule has 5 heteroatoms. The van der Waals surface area contributed by atoms with Gasteiger partial charge in [-0.15, -0.1) is 0 Å². The van der Waals surface area contributed by atoms with Crippen molar-refractivity contribution in [1.29, 1.82) is 0 Å². The van der Waals surface area contributed by atoms with Crippen LogP contribution in [-0.2, 0) is 0 Å². The first-order chi connectivity index (χ1) is 10.2. The van der Waals surface area contributed by atoms with E-state index in [9.17, 15) is 0 Å². The first-order valence-electron chi connectivity index (χ1n) is 7.20. The van der Waals surface area contributed by atoms with E-state index < -0.39 is 0 Å². The number of benzene rings is 1. The fourth-order valence-electron chi connectivity index (χ4n) is 2.20. The zero-order valence-electron chi connectivity index (χ0n) is 12.5. The lowest BCUT2D eigenvalue weighted by Gasteiger charge is -2.18. The Morgan fingerprint density at radius 1 is 1.29 bits per heavy atom. The molecule has 0 radical (unpaired) electrons. The Balaban J connectivity index is 2.20. The molecule has 2 rings (SSSR count). The predicted octanol–water partition coefficient (Wildman–Crippen LogP) is 2.59. The van der Waals surface area contributed by atoms with E-state index in [2.05, 4.69) is 23.7 Å². The molecule has 0 fully saturated rings. The molecule has 1 heterocycles. The summed E-state index contributed by atoms with van der Waals surface area (Å²) in [7, 11) is 0. The summed E-state index contributed by atoms with van der Waals surface area (Å²) in [5.41, 5.74) is 7.37. The van der Waals surface area contributed by atoms with Crippen LogP contribution in [0.3, 0.4) is 0 Å². The van der Waals surface area contributed by atoms with Crippen molar-refractivity contribution >= 4 is 28.1 Å². The number of rotatable bonds is 7. The number of likely N-dealkylation sites (N-methyl/N-ethyl adjacent to an activating group) is 1. The maximum Gasteiger partial charge on any atom is 0.224 e. The zero-order valence-corrected chi connectivity index (χ0v) is 13.3. The van der Waals surface area contributed by atoms with Gasteiger partial charge in [0.15, 0.2) is 0 Å². The number of pyridine rings is 1. The summed E-state index contributed by atoms with van der Waals surface area (Å²) >= 11 is 5.11. The van der Waals surface area contributed by atoms with E-state index in [0.29, 0.717) is 23.0 Å². The fraction of sp³-hybridized carbons (Fsp3) is 0.375. The smallest absolute Gasteiger partial charge is 0.224 e. The molecule has 2 aromatic rings. The van der Waals surface area contributed by atoms with Gasteiger partial charge in [-0.2, -0.15) is 0 Å². The molecular weight excluding hydrogens is 282 g/mol. The molecule has 0 saturated carbocycles. The van der Waals surface area contributed by atoms with Crippen LogP contribution >= 0.6 is 12.2 Å². The molecule has 21 heavy (non-hydrogen) atoms. The normalized spacial score (nSPS) is 11.0. The number of nitrogens with zero attached hydrogens (tertiary/aromatic N) is 2. The van der Waals surface area contributed by atoms with Crippen molar-refractivity contribution in [2.75, 3.05) is 26.2 Å². The van der Waals surface area contributed by atoms with E-state index >= 15 is 0 Å². The van der Waals surface area contributed by atoms with Crippen molar-refractivity contribution in [3.63, 3.8) is 0 Å². The Kier molecular flexibility index (Phi) is 5.47. The van der Waals surface area contributed by atoms with Gasteiger partial charge in [0.2, 0.25) is 5.88 Å². The summed E-state index contributed by atoms with van der Waals surface area (Å²) in [6, 6.07) is 9.81. The maximum absolute atomic E-state index is 5.82. The monoisotopic (exact) mass is 303 g/mol. The van der Waals surface area contributed by atoms with Gasteiger partial charge in [-0.1, -0.05) is 44.3 Å². The minimum absolute atomic E-state index is 0.311. The van der Waals surface area contributed by atoms with Crippen molar-refractivity contribution in [2.45, 2.75) is 13.8 Å². The van der Waals surface area contributed by atoms with E-state index in [1.165, 1.54) is 0 Å². The molecule has 0 aliphatic heterocycles. The molecule has 112 valence electrons. The maximum atomic E-state index is 5.82. The van der Waals surface area contributed by atoms with Crippen molar-refractivity contribution in [2.24, 2.45) is 5.73 Å². The Morgan fingerprint density at radius 3 is 2.67 bits per heavy atom. The highest BCUT2D eigenvalue weighted by atomic mass is 32.1. The van der Waals surface area contributed by atoms with Crippen LogP contribution in [0.15, 0.2) is 30.3 Å². The van der Waals surface area contributed by atoms with E-state index in [4.69, 9.17) is 22.7 Å². The van der Waals surface area contributed by atoms with Gasteiger partial charge in [0.25, 0.3) is 0 Å². The second-order valence-corrected chi connectivity index (χ2v) is 5.21. The van der Waals surface area contributed by atoms with Gasteiger partial charge >= 0.3 is 0 Å². The van der Waals surface area contributed by atoms with Crippen molar-refractivity contribution < 1.29 is 4.74 Å². The molecule has 0 amide bonds. The quantitative estimate of drug-likeness (QED) is 0.797. The first-order valence-corrected chi connectivity index (χ1v) is 7.61. The molecule has 0 bridgehead atoms. The Labute approximate surface area is 130 Å². The lowest BCUT2D eigenvalue weighted by Crippen LogP contribution is -2.28. The number of fused-ring (bicyclic) bond motifs is 1. The number of thiocarbonyl (C=S) groups is 1. The van der Waals surface area contributed by atoms with Gasteiger partial charge in [-0.3, -0.25) is 0 Å². The molecule has 4 nitrogen and oxygen atoms in total. The van der Waals surface area contributed by atoms with Gasteiger partial charge in [0.1, 0.15) is 11.6 Å². The summed E-state index contributed by atoms with van der Waals surface area (Å²) in [4.78, 5) is 7.14. The molecule has 0 saturated heterocycles. The largest absolute Gasteiger partial charge is 0.476 e. The summed E-state index contributed by atoms with van der Waals surface area (Å²) in [6.07, 6.45) is 0. The minimum Gasteiger partial charge on any atom is -0.476 e. The SMILES string of the molecule is CCN(CC)CCOc1nc2ccccc2cc1C(N)=S. The van der Waals surface area contributed by atoms with Gasteiger partial charge in [-0.25, -0.2) is 4.98 Å². The van der Waals surface area contributed by atoms with Crippen LogP contribution in [0, 0.1) is 0 Å². The molecule has 0 aliphatic carbocycles. The number of ether oxygens (including phenoxy) is 1. The fourth-order valence-corrected chi connectivity index (χ4v) is 2.34. The number of hydrogen-bond donors (Lipinski definition) is 1. The van der Waals surface area contributed by atoms with Crippen LogP contribution in [0.25, 0.3) is 10.9 Å². The van der Waals surface area contributed by atoms with Crippen LogP contribution in [-0.4, -0.2) is 41.1 Å². The van der Waals surface area contributed by atoms with Crippen LogP contribution in [0.1, 0.15) is 19.4 Å². The van der Waals surface area contributed by atoms with Crippen molar-refractivity contribution in [3.05, 3.63) is 35.9 Å². The van der Waals surface area contributed by atoms with E-state index in [1.54, 1.807) is 0 Å². The van der Waals surface area contributed by atoms with E-state index in [0.717, 1.165) is 30.5 Å². The van der Waals surface area contributed by atoms with Crippen LogP contribution < -0.4 is 10.5 Å². The second kappa shape index (κ2) is 7.33. The molecule has 0 spiro atoms. The summed E-state index contributed by atoms with van der Waals surface area (Å²) in [5, 5.41) is 1.01. The third kappa shape index (κ3) is 3.89. The minimum atomic E-state index is 0.311. The highest BCUT2D eigenvalue weighted by Crippen LogP contribution is 2.22. The van der Waals surface area contributed by atoms with Crippen LogP contribution in [0.4, 0.5) is 0 Å². The third-order valence-corrected chi connectivity index (χ3v) is 3.72. The second-order valence-electron chi connectivity index (χ2n) is 4.77. The highest BCUT2D eigenvalue weighted by molar-refractivity contribution is 7.80. The average molecular weight is 303 g/mol. The zero-order chi connectivity index (χ0) is 15.2. The summed E-state index contributed by atoms with van der Waals surface area (Å²) in [5.74, 6) is 0.522. The average Bonchev–Trinajstić information content (AvgIpc) is 2.50. The molecule has 0 atom stereocenters. The van der Waals surface area contributed by atoms with E-state index in [-0.39, 0.29) is 0 Å². The Hall–Kier alpha value is -1.72. The molecular formula is C16H21N3OS. The summed E-state index contributed by atoms with van der Waals surface area (Å²) < 4.78 is 5.82. The van der Waals surface area contributed by atoms with Gasteiger partial charge in [0, 0.05) is 11.9 Å². The third-order valence-electron chi connectivity index (χ3n) is 3.50. The molecule has 1 aromatic carbocycles. The number of nitrogens with two attached hydrogens (primary N) is 1. The van der Waals surface area contributed by atoms with Gasteiger partial charge in [-0.05, 0) is 25.2 Å². The Bertz CT molecular complexity index is 626. The van der Waals surface area contributed by atoms with Crippen LogP contribution in [0.5, 0.6) is 5.88 Å². The number of hydrogen-bond acceptors (Lipinski definition) is 4. The number of aromatic nitrogens is 1. The Morgan fingerprint density at radius 2 is 2.00 bits per heavy atom. The standard InChI is InChI=1S/C16H21N3OS/c1-3-19(4-2)9-10-20-16-13(15(17)21)11-12-7-5-6-8-14(12)18-16/h5-8,11H,3-4,9-10H2,1-2H3,(H2,17,21). The molecule has 0 aliphatic rings. The van der Waals surface area contributed by atoms with Crippen molar-refractivity contribution in [1.82, 2.24) is 9.88 Å². The van der Waals surface area contributed by atoms with Gasteiger partial charge < -0.3 is 15.4 Å². The molecule has 0 unspecified atom stereocenters. The lowest BCUT2D eigenvalue weighted by atomic mass is 10.1. The van der Waals surface area contributed by atoms with Crippen molar-refractivity contribution in [3.8, 4) is 5.88 Å². The highest BCUT2D eigenvalue weighted by Gasteiger charge is 2.11. The lowest BCUT2D eigenvalue weighted by molar-refractivity contribution is 0.218.